The van der Waals surface area contributed by atoms with E-state index < -0.39 is 5.60 Å². The molecule has 0 radical (unpaired) electrons. The van der Waals surface area contributed by atoms with Crippen LogP contribution in [-0.2, 0) is 7.05 Å². The summed E-state index contributed by atoms with van der Waals surface area (Å²) in [6, 6.07) is 0. The Morgan fingerprint density at radius 2 is 2.44 bits per heavy atom. The number of aromatic nitrogens is 3. The molecule has 0 fully saturated rings. The van der Waals surface area contributed by atoms with E-state index >= 15 is 0 Å². The minimum atomic E-state index is -0.905. The molecule has 1 rings (SSSR count). The van der Waals surface area contributed by atoms with Crippen LogP contribution in [0.15, 0.2) is 6.20 Å². The molecule has 90 valence electrons. The smallest absolute Gasteiger partial charge is 0.273 e. The Labute approximate surface area is 98.4 Å². The quantitative estimate of drug-likeness (QED) is 0.740. The summed E-state index contributed by atoms with van der Waals surface area (Å²) in [5.41, 5.74) is -0.653. The summed E-state index contributed by atoms with van der Waals surface area (Å²) in [5, 5.41) is 19.8. The highest BCUT2D eigenvalue weighted by Gasteiger charge is 2.21. The lowest BCUT2D eigenvalue weighted by Crippen LogP contribution is -2.42. The summed E-state index contributed by atoms with van der Waals surface area (Å²) < 4.78 is 1.45. The Morgan fingerprint density at radius 3 is 2.94 bits per heavy atom. The first-order valence-corrected chi connectivity index (χ1v) is 6.20. The SMILES string of the molecule is CSC[C@](C)(O)CNC(=O)c1cn(C)nn1. The number of rotatable bonds is 5. The van der Waals surface area contributed by atoms with Crippen LogP contribution in [0.3, 0.4) is 0 Å². The van der Waals surface area contributed by atoms with Gasteiger partial charge in [0.05, 0.1) is 11.8 Å². The van der Waals surface area contributed by atoms with E-state index in [1.807, 2.05) is 6.26 Å². The van der Waals surface area contributed by atoms with Gasteiger partial charge in [0.15, 0.2) is 5.69 Å². The van der Waals surface area contributed by atoms with Crippen LogP contribution < -0.4 is 5.32 Å². The molecule has 0 bridgehead atoms. The monoisotopic (exact) mass is 244 g/mol. The fourth-order valence-corrected chi connectivity index (χ4v) is 1.90. The van der Waals surface area contributed by atoms with Gasteiger partial charge < -0.3 is 10.4 Å². The molecule has 0 saturated heterocycles. The zero-order valence-electron chi connectivity index (χ0n) is 9.60. The Hall–Kier alpha value is -1.08. The van der Waals surface area contributed by atoms with Crippen molar-refractivity contribution >= 4 is 17.7 Å². The van der Waals surface area contributed by atoms with Crippen LogP contribution in [-0.4, -0.2) is 50.2 Å². The Morgan fingerprint density at radius 1 is 1.75 bits per heavy atom. The molecule has 1 atom stereocenters. The highest BCUT2D eigenvalue weighted by molar-refractivity contribution is 7.98. The zero-order valence-corrected chi connectivity index (χ0v) is 10.4. The van der Waals surface area contributed by atoms with Gasteiger partial charge in [0, 0.05) is 19.3 Å². The van der Waals surface area contributed by atoms with E-state index in [-0.39, 0.29) is 18.1 Å². The van der Waals surface area contributed by atoms with Gasteiger partial charge in [0.25, 0.3) is 5.91 Å². The van der Waals surface area contributed by atoms with E-state index in [0.717, 1.165) is 0 Å². The van der Waals surface area contributed by atoms with Crippen molar-refractivity contribution in [1.29, 1.82) is 0 Å². The van der Waals surface area contributed by atoms with E-state index in [1.165, 1.54) is 22.6 Å². The normalized spacial score (nSPS) is 14.5. The van der Waals surface area contributed by atoms with E-state index in [2.05, 4.69) is 15.6 Å². The predicted molar refractivity (Wildman–Crippen MR) is 62.3 cm³/mol. The molecule has 0 spiro atoms. The first kappa shape index (κ1) is 13.0. The number of nitrogens with one attached hydrogen (secondary N) is 1. The summed E-state index contributed by atoms with van der Waals surface area (Å²) >= 11 is 1.53. The van der Waals surface area contributed by atoms with Crippen LogP contribution in [0, 0.1) is 0 Å². The van der Waals surface area contributed by atoms with Crippen molar-refractivity contribution < 1.29 is 9.90 Å². The molecular weight excluding hydrogens is 228 g/mol. The minimum Gasteiger partial charge on any atom is -0.387 e. The fraction of sp³-hybridized carbons (Fsp3) is 0.667. The maximum atomic E-state index is 11.6. The van der Waals surface area contributed by atoms with Crippen molar-refractivity contribution in [3.63, 3.8) is 0 Å². The van der Waals surface area contributed by atoms with E-state index in [1.54, 1.807) is 14.0 Å². The van der Waals surface area contributed by atoms with Gasteiger partial charge in [-0.25, -0.2) is 0 Å². The number of nitrogens with zero attached hydrogens (tertiary/aromatic N) is 3. The molecular formula is C9H16N4O2S. The van der Waals surface area contributed by atoms with Crippen molar-refractivity contribution in [2.24, 2.45) is 7.05 Å². The number of aryl methyl sites for hydroxylation is 1. The lowest BCUT2D eigenvalue weighted by Gasteiger charge is -2.22. The highest BCUT2D eigenvalue weighted by Crippen LogP contribution is 2.09. The number of thioether (sulfide) groups is 1. The molecule has 7 heteroatoms. The first-order chi connectivity index (χ1) is 7.44. The van der Waals surface area contributed by atoms with Gasteiger partial charge in [-0.15, -0.1) is 5.10 Å². The third-order valence-electron chi connectivity index (χ3n) is 1.92. The Bertz CT molecular complexity index is 364. The molecule has 0 aromatic carbocycles. The van der Waals surface area contributed by atoms with Gasteiger partial charge in [0.2, 0.25) is 0 Å². The topological polar surface area (TPSA) is 80.0 Å². The number of aliphatic hydroxyl groups is 1. The molecule has 0 aliphatic carbocycles. The third-order valence-corrected chi connectivity index (χ3v) is 2.83. The summed E-state index contributed by atoms with van der Waals surface area (Å²) in [4.78, 5) is 11.6. The summed E-state index contributed by atoms with van der Waals surface area (Å²) in [5.74, 6) is 0.239. The van der Waals surface area contributed by atoms with Crippen LogP contribution in [0.1, 0.15) is 17.4 Å². The van der Waals surface area contributed by atoms with Crippen LogP contribution >= 0.6 is 11.8 Å². The lowest BCUT2D eigenvalue weighted by atomic mass is 10.1. The second kappa shape index (κ2) is 5.31. The molecule has 0 aliphatic heterocycles. The van der Waals surface area contributed by atoms with E-state index in [0.29, 0.717) is 5.75 Å². The van der Waals surface area contributed by atoms with Gasteiger partial charge in [-0.2, -0.15) is 11.8 Å². The number of amides is 1. The van der Waals surface area contributed by atoms with Crippen LogP contribution in [0.25, 0.3) is 0 Å². The molecule has 0 unspecified atom stereocenters. The van der Waals surface area contributed by atoms with Crippen molar-refractivity contribution in [3.8, 4) is 0 Å². The van der Waals surface area contributed by atoms with Crippen LogP contribution in [0.4, 0.5) is 0 Å². The molecule has 6 nitrogen and oxygen atoms in total. The van der Waals surface area contributed by atoms with Gasteiger partial charge in [-0.1, -0.05) is 5.21 Å². The second-order valence-corrected chi connectivity index (χ2v) is 4.76. The van der Waals surface area contributed by atoms with Crippen molar-refractivity contribution in [2.45, 2.75) is 12.5 Å². The number of hydrogen-bond acceptors (Lipinski definition) is 5. The standard InChI is InChI=1S/C9H16N4O2S/c1-9(15,6-16-3)5-10-8(14)7-4-13(2)12-11-7/h4,15H,5-6H2,1-3H3,(H,10,14)/t9-/m1/s1. The largest absolute Gasteiger partial charge is 0.387 e. The highest BCUT2D eigenvalue weighted by atomic mass is 32.2. The van der Waals surface area contributed by atoms with Crippen molar-refractivity contribution in [1.82, 2.24) is 20.3 Å². The molecule has 1 heterocycles. The maximum Gasteiger partial charge on any atom is 0.273 e. The molecule has 16 heavy (non-hydrogen) atoms. The van der Waals surface area contributed by atoms with Crippen LogP contribution in [0.5, 0.6) is 0 Å². The summed E-state index contributed by atoms with van der Waals surface area (Å²) in [6.45, 7) is 1.88. The van der Waals surface area contributed by atoms with Gasteiger partial charge in [-0.3, -0.25) is 9.48 Å². The molecule has 1 aromatic heterocycles. The van der Waals surface area contributed by atoms with E-state index in [9.17, 15) is 9.90 Å². The molecule has 1 amide bonds. The maximum absolute atomic E-state index is 11.6. The predicted octanol–water partition coefficient (Wildman–Crippen LogP) is -0.341. The summed E-state index contributed by atoms with van der Waals surface area (Å²) in [7, 11) is 1.69. The Balaban J connectivity index is 2.47. The van der Waals surface area contributed by atoms with Gasteiger partial charge >= 0.3 is 0 Å². The molecule has 0 aliphatic rings. The van der Waals surface area contributed by atoms with E-state index in [4.69, 9.17) is 0 Å². The first-order valence-electron chi connectivity index (χ1n) is 4.80. The average molecular weight is 244 g/mol. The number of carbonyl (C=O) groups excluding carboxylic acids is 1. The Kier molecular flexibility index (Phi) is 4.31. The number of carbonyl (C=O) groups is 1. The minimum absolute atomic E-state index is 0.198. The second-order valence-electron chi connectivity index (χ2n) is 3.89. The third kappa shape index (κ3) is 3.82. The molecule has 1 aromatic rings. The van der Waals surface area contributed by atoms with Crippen molar-refractivity contribution in [2.75, 3.05) is 18.6 Å². The van der Waals surface area contributed by atoms with Crippen molar-refractivity contribution in [3.05, 3.63) is 11.9 Å². The molecule has 0 saturated carbocycles. The van der Waals surface area contributed by atoms with Gasteiger partial charge in [0.1, 0.15) is 0 Å². The summed E-state index contributed by atoms with van der Waals surface area (Å²) in [6.07, 6.45) is 3.43. The van der Waals surface area contributed by atoms with Gasteiger partial charge in [-0.05, 0) is 13.2 Å². The zero-order chi connectivity index (χ0) is 12.2. The fourth-order valence-electron chi connectivity index (χ4n) is 1.17. The molecule has 2 N–H and O–H groups in total. The lowest BCUT2D eigenvalue weighted by molar-refractivity contribution is 0.0722. The average Bonchev–Trinajstić information content (AvgIpc) is 2.61. The van der Waals surface area contributed by atoms with Crippen LogP contribution in [0.2, 0.25) is 0 Å². The number of hydrogen-bond donors (Lipinski definition) is 2.